The maximum Gasteiger partial charge on any atom is 0.320 e. The molecule has 0 saturated carbocycles. The number of rotatable bonds is 4. The molecule has 2 aromatic heterocycles. The highest BCUT2D eigenvalue weighted by atomic mass is 35.5. The van der Waals surface area contributed by atoms with Crippen LogP contribution in [0.4, 0.5) is 16.1 Å². The fourth-order valence-electron chi connectivity index (χ4n) is 2.80. The molecule has 4 rings (SSSR count). The zero-order valence-corrected chi connectivity index (χ0v) is 14.1. The Hall–Kier alpha value is -2.86. The van der Waals surface area contributed by atoms with E-state index in [2.05, 4.69) is 27.4 Å². The van der Waals surface area contributed by atoms with Gasteiger partial charge in [0.05, 0.1) is 0 Å². The highest BCUT2D eigenvalue weighted by molar-refractivity contribution is 6.31. The molecule has 2 heterocycles. The molecule has 0 unspecified atom stereocenters. The van der Waals surface area contributed by atoms with Crippen LogP contribution in [0.5, 0.6) is 0 Å². The van der Waals surface area contributed by atoms with E-state index in [1.165, 1.54) is 12.1 Å². The van der Waals surface area contributed by atoms with Crippen LogP contribution in [0.3, 0.4) is 0 Å². The number of aromatic amines is 1. The smallest absolute Gasteiger partial charge is 0.320 e. The van der Waals surface area contributed by atoms with Gasteiger partial charge in [-0.3, -0.25) is 0 Å². The number of hydrogen-bond acceptors (Lipinski definition) is 4. The SMILES string of the molecule is CCc1c(-c2nnc(Nc3ccc(F)cc3)o2)[nH]c2ccc(Cl)cc12. The van der Waals surface area contributed by atoms with Crippen LogP contribution in [0.1, 0.15) is 12.5 Å². The predicted molar refractivity (Wildman–Crippen MR) is 95.7 cm³/mol. The van der Waals surface area contributed by atoms with Crippen molar-refractivity contribution in [1.29, 1.82) is 0 Å². The summed E-state index contributed by atoms with van der Waals surface area (Å²) < 4.78 is 18.7. The van der Waals surface area contributed by atoms with E-state index < -0.39 is 0 Å². The van der Waals surface area contributed by atoms with Gasteiger partial charge in [0.15, 0.2) is 0 Å². The van der Waals surface area contributed by atoms with Crippen LogP contribution < -0.4 is 5.32 Å². The first-order valence-electron chi connectivity index (χ1n) is 7.80. The van der Waals surface area contributed by atoms with Crippen molar-refractivity contribution in [2.45, 2.75) is 13.3 Å². The third-order valence-corrected chi connectivity index (χ3v) is 4.19. The monoisotopic (exact) mass is 356 g/mol. The lowest BCUT2D eigenvalue weighted by atomic mass is 10.1. The second-order valence-corrected chi connectivity index (χ2v) is 6.00. The molecule has 0 amide bonds. The number of nitrogens with zero attached hydrogens (tertiary/aromatic N) is 2. The minimum Gasteiger partial charge on any atom is -0.402 e. The molecule has 7 heteroatoms. The number of halogens is 2. The Kier molecular flexibility index (Phi) is 3.89. The van der Waals surface area contributed by atoms with Crippen molar-refractivity contribution < 1.29 is 8.81 Å². The van der Waals surface area contributed by atoms with Crippen molar-refractivity contribution in [2.24, 2.45) is 0 Å². The molecule has 0 aliphatic rings. The van der Waals surface area contributed by atoms with Gasteiger partial charge in [-0.2, -0.15) is 0 Å². The summed E-state index contributed by atoms with van der Waals surface area (Å²) in [6.07, 6.45) is 0.790. The van der Waals surface area contributed by atoms with Gasteiger partial charge in [-0.25, -0.2) is 4.39 Å². The van der Waals surface area contributed by atoms with Crippen molar-refractivity contribution in [3.05, 3.63) is 58.9 Å². The van der Waals surface area contributed by atoms with E-state index in [0.29, 0.717) is 16.6 Å². The van der Waals surface area contributed by atoms with Crippen LogP contribution in [0.25, 0.3) is 22.5 Å². The summed E-state index contributed by atoms with van der Waals surface area (Å²) in [6.45, 7) is 2.06. The summed E-state index contributed by atoms with van der Waals surface area (Å²) in [5.41, 5.74) is 3.46. The molecule has 25 heavy (non-hydrogen) atoms. The Morgan fingerprint density at radius 1 is 1.16 bits per heavy atom. The van der Waals surface area contributed by atoms with Crippen molar-refractivity contribution in [1.82, 2.24) is 15.2 Å². The largest absolute Gasteiger partial charge is 0.402 e. The van der Waals surface area contributed by atoms with Crippen molar-refractivity contribution in [3.8, 4) is 11.6 Å². The van der Waals surface area contributed by atoms with Gasteiger partial charge in [0, 0.05) is 21.6 Å². The van der Waals surface area contributed by atoms with Gasteiger partial charge in [0.2, 0.25) is 0 Å². The summed E-state index contributed by atoms with van der Waals surface area (Å²) in [4.78, 5) is 3.31. The average Bonchev–Trinajstić information content (AvgIpc) is 3.20. The van der Waals surface area contributed by atoms with Crippen LogP contribution >= 0.6 is 11.6 Å². The molecule has 0 saturated heterocycles. The maximum absolute atomic E-state index is 13.0. The Bertz CT molecular complexity index is 1040. The lowest BCUT2D eigenvalue weighted by Gasteiger charge is -2.00. The van der Waals surface area contributed by atoms with Crippen molar-refractivity contribution in [2.75, 3.05) is 5.32 Å². The summed E-state index contributed by atoms with van der Waals surface area (Å²) in [5.74, 6) is 0.0786. The number of aryl methyl sites for hydroxylation is 1. The molecule has 0 aliphatic carbocycles. The molecule has 0 aliphatic heterocycles. The minimum absolute atomic E-state index is 0.236. The highest BCUT2D eigenvalue weighted by Crippen LogP contribution is 2.32. The van der Waals surface area contributed by atoms with Gasteiger partial charge in [0.1, 0.15) is 11.5 Å². The van der Waals surface area contributed by atoms with Gasteiger partial charge < -0.3 is 14.7 Å². The van der Waals surface area contributed by atoms with Crippen LogP contribution in [-0.2, 0) is 6.42 Å². The Morgan fingerprint density at radius 2 is 1.96 bits per heavy atom. The second-order valence-electron chi connectivity index (χ2n) is 5.57. The maximum atomic E-state index is 13.0. The quantitative estimate of drug-likeness (QED) is 0.519. The minimum atomic E-state index is -0.305. The highest BCUT2D eigenvalue weighted by Gasteiger charge is 2.17. The molecule has 0 atom stereocenters. The van der Waals surface area contributed by atoms with Crippen LogP contribution in [0.15, 0.2) is 46.9 Å². The number of H-pyrrole nitrogens is 1. The van der Waals surface area contributed by atoms with E-state index in [1.807, 2.05) is 18.2 Å². The zero-order chi connectivity index (χ0) is 17.4. The Morgan fingerprint density at radius 3 is 2.72 bits per heavy atom. The van der Waals surface area contributed by atoms with Crippen LogP contribution in [0, 0.1) is 5.82 Å². The molecular formula is C18H14ClFN4O. The van der Waals surface area contributed by atoms with E-state index >= 15 is 0 Å². The zero-order valence-electron chi connectivity index (χ0n) is 13.3. The number of hydrogen-bond donors (Lipinski definition) is 2. The van der Waals surface area contributed by atoms with E-state index in [0.717, 1.165) is 28.6 Å². The Labute approximate surface area is 147 Å². The molecule has 126 valence electrons. The molecule has 0 bridgehead atoms. The third-order valence-electron chi connectivity index (χ3n) is 3.96. The normalized spacial score (nSPS) is 11.2. The van der Waals surface area contributed by atoms with Gasteiger partial charge in [-0.05, 0) is 54.4 Å². The summed E-state index contributed by atoms with van der Waals surface area (Å²) in [5, 5.41) is 12.8. The van der Waals surface area contributed by atoms with E-state index in [-0.39, 0.29) is 11.8 Å². The molecule has 0 radical (unpaired) electrons. The van der Waals surface area contributed by atoms with Gasteiger partial charge in [0.25, 0.3) is 5.89 Å². The second kappa shape index (κ2) is 6.22. The average molecular weight is 357 g/mol. The predicted octanol–water partition coefficient (Wildman–Crippen LogP) is 5.32. The first-order chi connectivity index (χ1) is 12.1. The molecule has 5 nitrogen and oxygen atoms in total. The van der Waals surface area contributed by atoms with Crippen molar-refractivity contribution in [3.63, 3.8) is 0 Å². The van der Waals surface area contributed by atoms with E-state index in [4.69, 9.17) is 16.0 Å². The molecule has 2 N–H and O–H groups in total. The van der Waals surface area contributed by atoms with E-state index in [9.17, 15) is 4.39 Å². The van der Waals surface area contributed by atoms with Crippen LogP contribution in [-0.4, -0.2) is 15.2 Å². The summed E-state index contributed by atoms with van der Waals surface area (Å²) in [7, 11) is 0. The molecular weight excluding hydrogens is 343 g/mol. The van der Waals surface area contributed by atoms with Gasteiger partial charge >= 0.3 is 6.01 Å². The van der Waals surface area contributed by atoms with Gasteiger partial charge in [-0.15, -0.1) is 5.10 Å². The lowest BCUT2D eigenvalue weighted by Crippen LogP contribution is -1.90. The van der Waals surface area contributed by atoms with Gasteiger partial charge in [-0.1, -0.05) is 23.6 Å². The fourth-order valence-corrected chi connectivity index (χ4v) is 2.97. The number of anilines is 2. The molecule has 4 aromatic rings. The first-order valence-corrected chi connectivity index (χ1v) is 8.18. The lowest BCUT2D eigenvalue weighted by molar-refractivity contribution is 0.585. The van der Waals surface area contributed by atoms with E-state index in [1.54, 1.807) is 12.1 Å². The summed E-state index contributed by atoms with van der Waals surface area (Å²) in [6, 6.07) is 11.8. The van der Waals surface area contributed by atoms with Crippen molar-refractivity contribution >= 4 is 34.2 Å². The molecule has 0 spiro atoms. The standard InChI is InChI=1S/C18H14ClFN4O/c1-2-13-14-9-10(19)3-8-15(14)22-16(13)17-23-24-18(25-17)21-12-6-4-11(20)5-7-12/h3-9,22H,2H2,1H3,(H,21,24). The first kappa shape index (κ1) is 15.7. The Balaban J connectivity index is 1.70. The topological polar surface area (TPSA) is 66.7 Å². The fraction of sp³-hybridized carbons (Fsp3) is 0.111. The number of nitrogens with one attached hydrogen (secondary N) is 2. The van der Waals surface area contributed by atoms with Crippen LogP contribution in [0.2, 0.25) is 5.02 Å². The summed E-state index contributed by atoms with van der Waals surface area (Å²) >= 11 is 6.11. The number of fused-ring (bicyclic) bond motifs is 1. The molecule has 0 fully saturated rings. The molecule has 2 aromatic carbocycles. The third kappa shape index (κ3) is 2.96. The number of aromatic nitrogens is 3. The number of benzene rings is 2.